The first-order chi connectivity index (χ1) is 9.99. The summed E-state index contributed by atoms with van der Waals surface area (Å²) in [5.41, 5.74) is -0.664. The SMILES string of the molecule is COc1ccc(C(=O)NC2(CO)CCCC(C)C2)c(F)c1. The van der Waals surface area contributed by atoms with Crippen LogP contribution in [0.4, 0.5) is 4.39 Å². The Morgan fingerprint density at radius 1 is 1.57 bits per heavy atom. The molecule has 1 amide bonds. The third-order valence-corrected chi connectivity index (χ3v) is 4.19. The summed E-state index contributed by atoms with van der Waals surface area (Å²) in [6.45, 7) is 1.98. The molecule has 2 N–H and O–H groups in total. The van der Waals surface area contributed by atoms with Gasteiger partial charge in [0.1, 0.15) is 11.6 Å². The fraction of sp³-hybridized carbons (Fsp3) is 0.562. The van der Waals surface area contributed by atoms with Crippen LogP contribution in [0.5, 0.6) is 5.75 Å². The van der Waals surface area contributed by atoms with E-state index in [1.165, 1.54) is 19.2 Å². The van der Waals surface area contributed by atoms with Crippen molar-refractivity contribution in [2.45, 2.75) is 38.1 Å². The van der Waals surface area contributed by atoms with Crippen molar-refractivity contribution in [2.24, 2.45) is 5.92 Å². The summed E-state index contributed by atoms with van der Waals surface area (Å²) in [6.07, 6.45) is 3.48. The highest BCUT2D eigenvalue weighted by atomic mass is 19.1. The Morgan fingerprint density at radius 3 is 2.90 bits per heavy atom. The molecule has 21 heavy (non-hydrogen) atoms. The summed E-state index contributed by atoms with van der Waals surface area (Å²) >= 11 is 0. The number of amides is 1. The highest BCUT2D eigenvalue weighted by molar-refractivity contribution is 5.95. The van der Waals surface area contributed by atoms with Gasteiger partial charge in [0.25, 0.3) is 5.91 Å². The first-order valence-electron chi connectivity index (χ1n) is 7.26. The number of halogens is 1. The van der Waals surface area contributed by atoms with Gasteiger partial charge in [-0.05, 0) is 30.9 Å². The average molecular weight is 295 g/mol. The lowest BCUT2D eigenvalue weighted by atomic mass is 9.76. The van der Waals surface area contributed by atoms with Gasteiger partial charge < -0.3 is 15.2 Å². The monoisotopic (exact) mass is 295 g/mol. The summed E-state index contributed by atoms with van der Waals surface area (Å²) < 4.78 is 18.9. The Balaban J connectivity index is 2.16. The van der Waals surface area contributed by atoms with Crippen LogP contribution in [0.2, 0.25) is 0 Å². The Hall–Kier alpha value is -1.62. The molecular formula is C16H22FNO3. The number of methoxy groups -OCH3 is 1. The van der Waals surface area contributed by atoms with Crippen LogP contribution in [0.15, 0.2) is 18.2 Å². The second kappa shape index (κ2) is 6.43. The number of ether oxygens (including phenoxy) is 1. The number of hydrogen-bond donors (Lipinski definition) is 2. The molecule has 2 unspecified atom stereocenters. The molecule has 0 bridgehead atoms. The molecule has 0 radical (unpaired) electrons. The van der Waals surface area contributed by atoms with Gasteiger partial charge in [-0.1, -0.05) is 19.8 Å². The van der Waals surface area contributed by atoms with Gasteiger partial charge in [-0.2, -0.15) is 0 Å². The maximum Gasteiger partial charge on any atom is 0.254 e. The van der Waals surface area contributed by atoms with Gasteiger partial charge in [-0.3, -0.25) is 4.79 Å². The van der Waals surface area contributed by atoms with E-state index in [9.17, 15) is 14.3 Å². The normalized spacial score (nSPS) is 25.4. The number of rotatable bonds is 4. The van der Waals surface area contributed by atoms with Gasteiger partial charge in [0.15, 0.2) is 0 Å². The van der Waals surface area contributed by atoms with E-state index < -0.39 is 17.3 Å². The molecule has 4 nitrogen and oxygen atoms in total. The third kappa shape index (κ3) is 3.53. The molecule has 2 rings (SSSR count). The molecule has 2 atom stereocenters. The molecule has 1 aromatic carbocycles. The van der Waals surface area contributed by atoms with E-state index in [1.807, 2.05) is 0 Å². The van der Waals surface area contributed by atoms with Crippen molar-refractivity contribution >= 4 is 5.91 Å². The fourth-order valence-electron chi connectivity index (χ4n) is 3.07. The van der Waals surface area contributed by atoms with E-state index in [2.05, 4.69) is 12.2 Å². The van der Waals surface area contributed by atoms with Gasteiger partial charge in [-0.15, -0.1) is 0 Å². The summed E-state index contributed by atoms with van der Waals surface area (Å²) in [6, 6.07) is 4.14. The Bertz CT molecular complexity index is 520. The molecule has 1 fully saturated rings. The van der Waals surface area contributed by atoms with Crippen LogP contribution in [-0.2, 0) is 0 Å². The van der Waals surface area contributed by atoms with Crippen molar-refractivity contribution in [2.75, 3.05) is 13.7 Å². The number of nitrogens with one attached hydrogen (secondary N) is 1. The molecule has 5 heteroatoms. The zero-order chi connectivity index (χ0) is 15.5. The highest BCUT2D eigenvalue weighted by Crippen LogP contribution is 2.32. The van der Waals surface area contributed by atoms with Crippen molar-refractivity contribution in [3.05, 3.63) is 29.6 Å². The standard InChI is InChI=1S/C16H22FNO3/c1-11-4-3-7-16(9-11,10-19)18-15(20)13-6-5-12(21-2)8-14(13)17/h5-6,8,11,19H,3-4,7,9-10H2,1-2H3,(H,18,20). The zero-order valence-corrected chi connectivity index (χ0v) is 12.5. The molecule has 0 heterocycles. The van der Waals surface area contributed by atoms with Crippen LogP contribution in [-0.4, -0.2) is 30.3 Å². The van der Waals surface area contributed by atoms with E-state index in [0.29, 0.717) is 18.1 Å². The lowest BCUT2D eigenvalue weighted by molar-refractivity contribution is 0.0693. The molecule has 1 aromatic rings. The first kappa shape index (κ1) is 15.8. The van der Waals surface area contributed by atoms with Crippen LogP contribution in [0.1, 0.15) is 43.0 Å². The largest absolute Gasteiger partial charge is 0.497 e. The number of carbonyl (C=O) groups is 1. The predicted molar refractivity (Wildman–Crippen MR) is 77.9 cm³/mol. The number of hydrogen-bond acceptors (Lipinski definition) is 3. The summed E-state index contributed by atoms with van der Waals surface area (Å²) in [5.74, 6) is -0.304. The Kier molecular flexibility index (Phi) is 4.83. The van der Waals surface area contributed by atoms with E-state index in [0.717, 1.165) is 19.3 Å². The molecule has 1 aliphatic rings. The molecule has 1 saturated carbocycles. The van der Waals surface area contributed by atoms with E-state index >= 15 is 0 Å². The molecular weight excluding hydrogens is 273 g/mol. The van der Waals surface area contributed by atoms with Gasteiger partial charge >= 0.3 is 0 Å². The molecule has 0 saturated heterocycles. The molecule has 1 aliphatic carbocycles. The molecule has 0 aliphatic heterocycles. The fourth-order valence-corrected chi connectivity index (χ4v) is 3.07. The van der Waals surface area contributed by atoms with Crippen LogP contribution in [0, 0.1) is 11.7 Å². The van der Waals surface area contributed by atoms with Crippen LogP contribution < -0.4 is 10.1 Å². The van der Waals surface area contributed by atoms with E-state index in [-0.39, 0.29) is 12.2 Å². The second-order valence-corrected chi connectivity index (χ2v) is 5.94. The van der Waals surface area contributed by atoms with Crippen molar-refractivity contribution in [1.29, 1.82) is 0 Å². The Morgan fingerprint density at radius 2 is 2.33 bits per heavy atom. The van der Waals surface area contributed by atoms with Crippen molar-refractivity contribution in [3.63, 3.8) is 0 Å². The lowest BCUT2D eigenvalue weighted by Gasteiger charge is -2.39. The van der Waals surface area contributed by atoms with Gasteiger partial charge in [0.2, 0.25) is 0 Å². The minimum absolute atomic E-state index is 0.0261. The summed E-state index contributed by atoms with van der Waals surface area (Å²) in [7, 11) is 1.44. The topological polar surface area (TPSA) is 58.6 Å². The number of aliphatic hydroxyl groups excluding tert-OH is 1. The minimum Gasteiger partial charge on any atom is -0.497 e. The van der Waals surface area contributed by atoms with Gasteiger partial charge in [0, 0.05) is 6.07 Å². The minimum atomic E-state index is -0.638. The zero-order valence-electron chi connectivity index (χ0n) is 12.5. The quantitative estimate of drug-likeness (QED) is 0.897. The van der Waals surface area contributed by atoms with E-state index in [1.54, 1.807) is 6.07 Å². The number of carbonyl (C=O) groups excluding carboxylic acids is 1. The van der Waals surface area contributed by atoms with Gasteiger partial charge in [0.05, 0.1) is 24.8 Å². The average Bonchev–Trinajstić information content (AvgIpc) is 2.46. The van der Waals surface area contributed by atoms with Crippen molar-refractivity contribution in [1.82, 2.24) is 5.32 Å². The maximum atomic E-state index is 13.9. The predicted octanol–water partition coefficient (Wildman–Crippen LogP) is 2.51. The number of benzene rings is 1. The Labute approximate surface area is 124 Å². The third-order valence-electron chi connectivity index (χ3n) is 4.19. The molecule has 0 aromatic heterocycles. The van der Waals surface area contributed by atoms with Crippen LogP contribution >= 0.6 is 0 Å². The molecule has 0 spiro atoms. The highest BCUT2D eigenvalue weighted by Gasteiger charge is 2.36. The van der Waals surface area contributed by atoms with Gasteiger partial charge in [-0.25, -0.2) is 4.39 Å². The second-order valence-electron chi connectivity index (χ2n) is 5.94. The number of aliphatic hydroxyl groups is 1. The van der Waals surface area contributed by atoms with Crippen LogP contribution in [0.25, 0.3) is 0 Å². The lowest BCUT2D eigenvalue weighted by Crippen LogP contribution is -2.54. The maximum absolute atomic E-state index is 13.9. The molecule has 116 valence electrons. The van der Waals surface area contributed by atoms with Crippen molar-refractivity contribution < 1.29 is 19.0 Å². The summed E-state index contributed by atoms with van der Waals surface area (Å²) in [4.78, 5) is 12.3. The summed E-state index contributed by atoms with van der Waals surface area (Å²) in [5, 5.41) is 12.5. The smallest absolute Gasteiger partial charge is 0.254 e. The van der Waals surface area contributed by atoms with Crippen LogP contribution in [0.3, 0.4) is 0 Å². The first-order valence-corrected chi connectivity index (χ1v) is 7.26. The van der Waals surface area contributed by atoms with E-state index in [4.69, 9.17) is 4.74 Å². The van der Waals surface area contributed by atoms with Crippen molar-refractivity contribution in [3.8, 4) is 5.75 Å².